The van der Waals surface area contributed by atoms with E-state index in [1.807, 2.05) is 24.3 Å². The van der Waals surface area contributed by atoms with Crippen LogP contribution in [-0.4, -0.2) is 11.5 Å². The SMILES string of the molecule is NCC(Sc1ccc(Cl)cn1)c1ccco1. The van der Waals surface area contributed by atoms with E-state index in [1.54, 1.807) is 24.2 Å². The largest absolute Gasteiger partial charge is 0.468 e. The van der Waals surface area contributed by atoms with Crippen LogP contribution in [0.3, 0.4) is 0 Å². The Morgan fingerprint density at radius 2 is 2.31 bits per heavy atom. The number of halogens is 1. The van der Waals surface area contributed by atoms with Gasteiger partial charge in [0.15, 0.2) is 0 Å². The second-order valence-corrected chi connectivity index (χ2v) is 4.83. The average Bonchev–Trinajstić information content (AvgIpc) is 2.82. The average molecular weight is 255 g/mol. The van der Waals surface area contributed by atoms with Crippen molar-refractivity contribution in [1.82, 2.24) is 4.98 Å². The van der Waals surface area contributed by atoms with Crippen molar-refractivity contribution in [3.05, 3.63) is 47.5 Å². The summed E-state index contributed by atoms with van der Waals surface area (Å²) >= 11 is 7.33. The van der Waals surface area contributed by atoms with Gasteiger partial charge in [0, 0.05) is 12.7 Å². The molecule has 0 spiro atoms. The van der Waals surface area contributed by atoms with E-state index in [4.69, 9.17) is 21.8 Å². The van der Waals surface area contributed by atoms with Crippen molar-refractivity contribution in [2.24, 2.45) is 5.73 Å². The molecule has 0 amide bonds. The molecule has 1 atom stereocenters. The Morgan fingerprint density at radius 1 is 1.44 bits per heavy atom. The van der Waals surface area contributed by atoms with Gasteiger partial charge in [-0.15, -0.1) is 0 Å². The fourth-order valence-electron chi connectivity index (χ4n) is 1.27. The Kier molecular flexibility index (Phi) is 3.88. The topological polar surface area (TPSA) is 52.0 Å². The molecule has 2 aromatic heterocycles. The van der Waals surface area contributed by atoms with Gasteiger partial charge in [0.2, 0.25) is 0 Å². The molecule has 0 aliphatic heterocycles. The molecule has 0 aromatic carbocycles. The first kappa shape index (κ1) is 11.5. The van der Waals surface area contributed by atoms with Crippen LogP contribution in [0.2, 0.25) is 5.02 Å². The number of nitrogens with two attached hydrogens (primary N) is 1. The lowest BCUT2D eigenvalue weighted by molar-refractivity contribution is 0.507. The lowest BCUT2D eigenvalue weighted by Gasteiger charge is -2.10. The smallest absolute Gasteiger partial charge is 0.118 e. The van der Waals surface area contributed by atoms with E-state index < -0.39 is 0 Å². The van der Waals surface area contributed by atoms with E-state index in [0.29, 0.717) is 11.6 Å². The maximum Gasteiger partial charge on any atom is 0.118 e. The number of pyridine rings is 1. The fraction of sp³-hybridized carbons (Fsp3) is 0.182. The molecule has 0 fully saturated rings. The van der Waals surface area contributed by atoms with E-state index in [-0.39, 0.29) is 5.25 Å². The first-order chi connectivity index (χ1) is 7.79. The lowest BCUT2D eigenvalue weighted by Crippen LogP contribution is -2.08. The van der Waals surface area contributed by atoms with Crippen molar-refractivity contribution < 1.29 is 4.42 Å². The molecule has 5 heteroatoms. The molecule has 0 bridgehead atoms. The van der Waals surface area contributed by atoms with Crippen LogP contribution in [-0.2, 0) is 0 Å². The standard InChI is InChI=1S/C11H11ClN2OS/c12-8-3-4-11(14-7-8)16-10(6-13)9-2-1-5-15-9/h1-5,7,10H,6,13H2. The third kappa shape index (κ3) is 2.78. The van der Waals surface area contributed by atoms with Crippen molar-refractivity contribution in [1.29, 1.82) is 0 Å². The summed E-state index contributed by atoms with van der Waals surface area (Å²) in [6.07, 6.45) is 3.27. The summed E-state index contributed by atoms with van der Waals surface area (Å²) in [5.41, 5.74) is 5.71. The molecule has 2 rings (SSSR count). The predicted octanol–water partition coefficient (Wildman–Crippen LogP) is 3.12. The van der Waals surface area contributed by atoms with Crippen LogP contribution in [0.1, 0.15) is 11.0 Å². The summed E-state index contributed by atoms with van der Waals surface area (Å²) in [6.45, 7) is 0.502. The minimum Gasteiger partial charge on any atom is -0.468 e. The lowest BCUT2D eigenvalue weighted by atomic mass is 10.3. The number of furan rings is 1. The summed E-state index contributed by atoms with van der Waals surface area (Å²) in [5, 5.41) is 1.60. The number of hydrogen-bond donors (Lipinski definition) is 1. The van der Waals surface area contributed by atoms with Crippen LogP contribution in [0.15, 0.2) is 46.2 Å². The minimum absolute atomic E-state index is 0.0867. The van der Waals surface area contributed by atoms with E-state index in [9.17, 15) is 0 Å². The molecule has 16 heavy (non-hydrogen) atoms. The second-order valence-electron chi connectivity index (χ2n) is 3.17. The Hall–Kier alpha value is -0.970. The van der Waals surface area contributed by atoms with E-state index >= 15 is 0 Å². The molecule has 3 nitrogen and oxygen atoms in total. The van der Waals surface area contributed by atoms with Gasteiger partial charge in [-0.25, -0.2) is 4.98 Å². The van der Waals surface area contributed by atoms with Crippen LogP contribution >= 0.6 is 23.4 Å². The molecule has 0 saturated heterocycles. The van der Waals surface area contributed by atoms with E-state index in [2.05, 4.69) is 4.98 Å². The van der Waals surface area contributed by atoms with Crippen LogP contribution in [0.25, 0.3) is 0 Å². The molecule has 0 aliphatic rings. The van der Waals surface area contributed by atoms with Crippen molar-refractivity contribution in [2.75, 3.05) is 6.54 Å². The normalized spacial score (nSPS) is 12.6. The highest BCUT2D eigenvalue weighted by atomic mass is 35.5. The van der Waals surface area contributed by atoms with Crippen molar-refractivity contribution >= 4 is 23.4 Å². The zero-order chi connectivity index (χ0) is 11.4. The van der Waals surface area contributed by atoms with Crippen LogP contribution in [0.4, 0.5) is 0 Å². The first-order valence-electron chi connectivity index (χ1n) is 4.81. The zero-order valence-corrected chi connectivity index (χ0v) is 10.0. The van der Waals surface area contributed by atoms with Crippen LogP contribution in [0.5, 0.6) is 0 Å². The van der Waals surface area contributed by atoms with Gasteiger partial charge in [0.05, 0.1) is 21.6 Å². The third-order valence-corrected chi connectivity index (χ3v) is 3.45. The van der Waals surface area contributed by atoms with Gasteiger partial charge >= 0.3 is 0 Å². The Balaban J connectivity index is 2.10. The van der Waals surface area contributed by atoms with Crippen molar-refractivity contribution in [2.45, 2.75) is 10.3 Å². The number of aromatic nitrogens is 1. The highest BCUT2D eigenvalue weighted by Crippen LogP contribution is 2.33. The summed E-state index contributed by atoms with van der Waals surface area (Å²) in [7, 11) is 0. The Bertz CT molecular complexity index is 430. The second kappa shape index (κ2) is 5.39. The molecule has 2 N–H and O–H groups in total. The van der Waals surface area contributed by atoms with Crippen LogP contribution in [0, 0.1) is 0 Å². The quantitative estimate of drug-likeness (QED) is 0.852. The van der Waals surface area contributed by atoms with Gasteiger partial charge < -0.3 is 10.2 Å². The predicted molar refractivity (Wildman–Crippen MR) is 65.6 cm³/mol. The number of nitrogens with zero attached hydrogens (tertiary/aromatic N) is 1. The molecule has 1 unspecified atom stereocenters. The highest BCUT2D eigenvalue weighted by molar-refractivity contribution is 7.99. The first-order valence-corrected chi connectivity index (χ1v) is 6.07. The molecule has 2 aromatic rings. The molecule has 0 saturated carbocycles. The molecule has 84 valence electrons. The summed E-state index contributed by atoms with van der Waals surface area (Å²) in [4.78, 5) is 4.21. The maximum absolute atomic E-state index is 5.77. The molecule has 0 aliphatic carbocycles. The maximum atomic E-state index is 5.77. The third-order valence-electron chi connectivity index (χ3n) is 2.04. The van der Waals surface area contributed by atoms with Crippen molar-refractivity contribution in [3.63, 3.8) is 0 Å². The monoisotopic (exact) mass is 254 g/mol. The van der Waals surface area contributed by atoms with Gasteiger partial charge in [-0.05, 0) is 24.3 Å². The fourth-order valence-corrected chi connectivity index (χ4v) is 2.28. The summed E-state index contributed by atoms with van der Waals surface area (Å²) in [6, 6.07) is 7.46. The molecule has 0 radical (unpaired) electrons. The van der Waals surface area contributed by atoms with Gasteiger partial charge in [0.25, 0.3) is 0 Å². The van der Waals surface area contributed by atoms with E-state index in [1.165, 1.54) is 0 Å². The summed E-state index contributed by atoms with van der Waals surface area (Å²) in [5.74, 6) is 0.865. The Labute approximate surface area is 103 Å². The van der Waals surface area contributed by atoms with Gasteiger partial charge in [-0.2, -0.15) is 0 Å². The van der Waals surface area contributed by atoms with E-state index in [0.717, 1.165) is 10.8 Å². The number of rotatable bonds is 4. The van der Waals surface area contributed by atoms with Gasteiger partial charge in [0.1, 0.15) is 5.76 Å². The highest BCUT2D eigenvalue weighted by Gasteiger charge is 2.14. The number of hydrogen-bond acceptors (Lipinski definition) is 4. The molecule has 2 heterocycles. The summed E-state index contributed by atoms with van der Waals surface area (Å²) < 4.78 is 5.33. The molecular weight excluding hydrogens is 244 g/mol. The zero-order valence-electron chi connectivity index (χ0n) is 8.47. The van der Waals surface area contributed by atoms with Gasteiger partial charge in [-0.3, -0.25) is 0 Å². The van der Waals surface area contributed by atoms with Crippen molar-refractivity contribution in [3.8, 4) is 0 Å². The number of thioether (sulfide) groups is 1. The molecular formula is C11H11ClN2OS. The minimum atomic E-state index is 0.0867. The Morgan fingerprint density at radius 3 is 2.88 bits per heavy atom. The van der Waals surface area contributed by atoms with Crippen LogP contribution < -0.4 is 5.73 Å². The van der Waals surface area contributed by atoms with Gasteiger partial charge in [-0.1, -0.05) is 23.4 Å².